The summed E-state index contributed by atoms with van der Waals surface area (Å²) in [4.78, 5) is 1.65. The Labute approximate surface area is 128 Å². The van der Waals surface area contributed by atoms with Crippen LogP contribution in [-0.4, -0.2) is 0 Å². The van der Waals surface area contributed by atoms with Crippen LogP contribution >= 0.6 is 11.8 Å². The standard InChI is InChI=1S/C18H16FNS/c1-12(20)14-7-9-18(17(19)11-14)21-16-8-6-13-4-2-3-5-15(13)10-16/h2-12H,20H2,1H3/t12-/m1/s1. The number of benzene rings is 3. The van der Waals surface area contributed by atoms with Crippen LogP contribution in [0.4, 0.5) is 4.39 Å². The minimum Gasteiger partial charge on any atom is -0.324 e. The zero-order chi connectivity index (χ0) is 14.8. The molecule has 0 aliphatic heterocycles. The van der Waals surface area contributed by atoms with Crippen molar-refractivity contribution in [2.75, 3.05) is 0 Å². The highest BCUT2D eigenvalue weighted by atomic mass is 32.2. The molecular formula is C18H16FNS. The van der Waals surface area contributed by atoms with Gasteiger partial charge in [0, 0.05) is 15.8 Å². The van der Waals surface area contributed by atoms with E-state index in [0.29, 0.717) is 4.90 Å². The summed E-state index contributed by atoms with van der Waals surface area (Å²) in [5, 5.41) is 2.35. The van der Waals surface area contributed by atoms with Crippen molar-refractivity contribution >= 4 is 22.5 Å². The molecule has 0 amide bonds. The number of nitrogens with two attached hydrogens (primary N) is 1. The molecular weight excluding hydrogens is 281 g/mol. The zero-order valence-electron chi connectivity index (χ0n) is 11.7. The monoisotopic (exact) mass is 297 g/mol. The molecule has 0 fully saturated rings. The summed E-state index contributed by atoms with van der Waals surface area (Å²) in [6.45, 7) is 1.85. The molecule has 106 valence electrons. The van der Waals surface area contributed by atoms with Crippen molar-refractivity contribution < 1.29 is 4.39 Å². The van der Waals surface area contributed by atoms with Crippen LogP contribution in [-0.2, 0) is 0 Å². The summed E-state index contributed by atoms with van der Waals surface area (Å²) in [5.74, 6) is -0.219. The summed E-state index contributed by atoms with van der Waals surface area (Å²) in [7, 11) is 0. The van der Waals surface area contributed by atoms with Crippen molar-refractivity contribution in [1.29, 1.82) is 0 Å². The van der Waals surface area contributed by atoms with Crippen LogP contribution < -0.4 is 5.73 Å². The van der Waals surface area contributed by atoms with Gasteiger partial charge in [-0.1, -0.05) is 48.2 Å². The van der Waals surface area contributed by atoms with E-state index in [9.17, 15) is 4.39 Å². The predicted molar refractivity (Wildman–Crippen MR) is 87.1 cm³/mol. The minimum absolute atomic E-state index is 0.154. The number of fused-ring (bicyclic) bond motifs is 1. The average Bonchev–Trinajstić information content (AvgIpc) is 2.49. The second-order valence-electron chi connectivity index (χ2n) is 5.09. The Hall–Kier alpha value is -1.84. The van der Waals surface area contributed by atoms with Gasteiger partial charge in [-0.05, 0) is 47.5 Å². The van der Waals surface area contributed by atoms with Gasteiger partial charge in [-0.15, -0.1) is 0 Å². The highest BCUT2D eigenvalue weighted by molar-refractivity contribution is 7.99. The summed E-state index contributed by atoms with van der Waals surface area (Å²) >= 11 is 1.43. The molecule has 0 saturated heterocycles. The molecule has 3 heteroatoms. The molecule has 3 rings (SSSR count). The van der Waals surface area contributed by atoms with E-state index < -0.39 is 0 Å². The molecule has 0 saturated carbocycles. The second-order valence-corrected chi connectivity index (χ2v) is 6.20. The van der Waals surface area contributed by atoms with Crippen LogP contribution in [0.3, 0.4) is 0 Å². The third-order valence-electron chi connectivity index (χ3n) is 3.43. The first kappa shape index (κ1) is 14.1. The van der Waals surface area contributed by atoms with E-state index in [2.05, 4.69) is 24.3 Å². The third kappa shape index (κ3) is 3.09. The lowest BCUT2D eigenvalue weighted by atomic mass is 10.1. The smallest absolute Gasteiger partial charge is 0.137 e. The van der Waals surface area contributed by atoms with Gasteiger partial charge in [-0.25, -0.2) is 4.39 Å². The first-order valence-corrected chi connectivity index (χ1v) is 7.67. The Morgan fingerprint density at radius 2 is 1.71 bits per heavy atom. The molecule has 0 unspecified atom stereocenters. The van der Waals surface area contributed by atoms with E-state index in [0.717, 1.165) is 15.8 Å². The largest absolute Gasteiger partial charge is 0.324 e. The van der Waals surface area contributed by atoms with Crippen molar-refractivity contribution in [1.82, 2.24) is 0 Å². The number of rotatable bonds is 3. The second kappa shape index (κ2) is 5.88. The molecule has 0 radical (unpaired) electrons. The van der Waals surface area contributed by atoms with Crippen molar-refractivity contribution in [2.24, 2.45) is 5.73 Å². The van der Waals surface area contributed by atoms with Crippen molar-refractivity contribution in [3.63, 3.8) is 0 Å². The van der Waals surface area contributed by atoms with Crippen LogP contribution in [0.2, 0.25) is 0 Å². The summed E-state index contributed by atoms with van der Waals surface area (Å²) in [6, 6.07) is 19.4. The fraction of sp³-hybridized carbons (Fsp3) is 0.111. The van der Waals surface area contributed by atoms with Crippen LogP contribution in [0.25, 0.3) is 10.8 Å². The van der Waals surface area contributed by atoms with Crippen molar-refractivity contribution in [2.45, 2.75) is 22.8 Å². The highest BCUT2D eigenvalue weighted by Crippen LogP contribution is 2.32. The predicted octanol–water partition coefficient (Wildman–Crippen LogP) is 5.15. The Morgan fingerprint density at radius 1 is 0.952 bits per heavy atom. The Bertz CT molecular complexity index is 783. The van der Waals surface area contributed by atoms with E-state index >= 15 is 0 Å². The first-order valence-electron chi connectivity index (χ1n) is 6.85. The lowest BCUT2D eigenvalue weighted by Crippen LogP contribution is -2.05. The molecule has 0 heterocycles. The summed E-state index contributed by atoms with van der Waals surface area (Å²) < 4.78 is 14.1. The van der Waals surface area contributed by atoms with Gasteiger partial charge >= 0.3 is 0 Å². The topological polar surface area (TPSA) is 26.0 Å². The van der Waals surface area contributed by atoms with E-state index in [4.69, 9.17) is 5.73 Å². The van der Waals surface area contributed by atoms with Crippen molar-refractivity contribution in [3.8, 4) is 0 Å². The van der Waals surface area contributed by atoms with Gasteiger partial charge in [-0.2, -0.15) is 0 Å². The lowest BCUT2D eigenvalue weighted by Gasteiger charge is -2.09. The number of halogens is 1. The van der Waals surface area contributed by atoms with Gasteiger partial charge in [0.1, 0.15) is 5.82 Å². The van der Waals surface area contributed by atoms with Gasteiger partial charge in [0.25, 0.3) is 0 Å². The summed E-state index contributed by atoms with van der Waals surface area (Å²) in [6.07, 6.45) is 0. The fourth-order valence-electron chi connectivity index (χ4n) is 2.24. The maximum atomic E-state index is 14.1. The third-order valence-corrected chi connectivity index (χ3v) is 4.47. The maximum absolute atomic E-state index is 14.1. The van der Waals surface area contributed by atoms with Gasteiger partial charge < -0.3 is 5.73 Å². The van der Waals surface area contributed by atoms with Crippen molar-refractivity contribution in [3.05, 3.63) is 72.0 Å². The molecule has 0 aliphatic rings. The minimum atomic E-state index is -0.219. The molecule has 3 aromatic carbocycles. The quantitative estimate of drug-likeness (QED) is 0.723. The zero-order valence-corrected chi connectivity index (χ0v) is 12.5. The summed E-state index contributed by atoms with van der Waals surface area (Å²) in [5.41, 5.74) is 6.59. The Kier molecular flexibility index (Phi) is 3.95. The Morgan fingerprint density at radius 3 is 2.43 bits per heavy atom. The average molecular weight is 297 g/mol. The normalized spacial score (nSPS) is 12.5. The Balaban J connectivity index is 1.91. The van der Waals surface area contributed by atoms with Gasteiger partial charge in [0.05, 0.1) is 0 Å². The molecule has 3 aromatic rings. The van der Waals surface area contributed by atoms with Gasteiger partial charge in [0.2, 0.25) is 0 Å². The highest BCUT2D eigenvalue weighted by Gasteiger charge is 2.08. The molecule has 2 N–H and O–H groups in total. The SMILES string of the molecule is C[C@@H](N)c1ccc(Sc2ccc3ccccc3c2)c(F)c1. The molecule has 21 heavy (non-hydrogen) atoms. The van der Waals surface area contributed by atoms with E-state index in [-0.39, 0.29) is 11.9 Å². The number of hydrogen-bond acceptors (Lipinski definition) is 2. The van der Waals surface area contributed by atoms with Gasteiger partial charge in [0.15, 0.2) is 0 Å². The van der Waals surface area contributed by atoms with Gasteiger partial charge in [-0.3, -0.25) is 0 Å². The van der Waals surface area contributed by atoms with Crippen LogP contribution in [0.1, 0.15) is 18.5 Å². The van der Waals surface area contributed by atoms with Crippen LogP contribution in [0.15, 0.2) is 70.5 Å². The van der Waals surface area contributed by atoms with E-state index in [1.54, 1.807) is 6.07 Å². The molecule has 1 nitrogen and oxygen atoms in total. The lowest BCUT2D eigenvalue weighted by molar-refractivity contribution is 0.596. The number of hydrogen-bond donors (Lipinski definition) is 1. The first-order chi connectivity index (χ1) is 10.1. The van der Waals surface area contributed by atoms with Crippen LogP contribution in [0, 0.1) is 5.82 Å². The van der Waals surface area contributed by atoms with Crippen LogP contribution in [0.5, 0.6) is 0 Å². The molecule has 0 aromatic heterocycles. The molecule has 0 aliphatic carbocycles. The maximum Gasteiger partial charge on any atom is 0.137 e. The van der Waals surface area contributed by atoms with E-state index in [1.807, 2.05) is 31.2 Å². The molecule has 0 spiro atoms. The van der Waals surface area contributed by atoms with E-state index in [1.165, 1.54) is 23.2 Å². The fourth-order valence-corrected chi connectivity index (χ4v) is 3.11. The molecule has 1 atom stereocenters. The molecule has 0 bridgehead atoms.